The molecular formula is C23H22FN5O. The predicted molar refractivity (Wildman–Crippen MR) is 115 cm³/mol. The minimum absolute atomic E-state index is 0.215. The van der Waals surface area contributed by atoms with Crippen molar-refractivity contribution in [1.82, 2.24) is 20.0 Å². The van der Waals surface area contributed by atoms with E-state index in [0.717, 1.165) is 27.5 Å². The van der Waals surface area contributed by atoms with Crippen LogP contribution in [-0.2, 0) is 12.7 Å². The summed E-state index contributed by atoms with van der Waals surface area (Å²) in [5, 5.41) is 16.4. The van der Waals surface area contributed by atoms with Gasteiger partial charge in [0.15, 0.2) is 0 Å². The number of halogens is 1. The number of hydrogen-bond acceptors (Lipinski definition) is 4. The smallest absolute Gasteiger partial charge is 0.256 e. The first-order valence-corrected chi connectivity index (χ1v) is 9.59. The number of anilines is 1. The maximum absolute atomic E-state index is 14.5. The molecule has 0 radical (unpaired) electrons. The largest absolute Gasteiger partial charge is 0.307 e. The summed E-state index contributed by atoms with van der Waals surface area (Å²) >= 11 is 0. The fraction of sp³-hybridized carbons (Fsp3) is 0.217. The zero-order chi connectivity index (χ0) is 21.5. The van der Waals surface area contributed by atoms with Gasteiger partial charge in [-0.3, -0.25) is 9.48 Å². The average molecular weight is 403 g/mol. The number of carbonyl (C=O) groups is 1. The topological polar surface area (TPSA) is 72.7 Å². The molecule has 0 aliphatic heterocycles. The van der Waals surface area contributed by atoms with Gasteiger partial charge in [0.1, 0.15) is 17.2 Å². The number of nitrogens with zero attached hydrogens (tertiary/aromatic N) is 4. The summed E-state index contributed by atoms with van der Waals surface area (Å²) < 4.78 is 16.1. The van der Waals surface area contributed by atoms with Crippen molar-refractivity contribution in [2.45, 2.75) is 26.4 Å². The lowest BCUT2D eigenvalue weighted by molar-refractivity contribution is 0.102. The molecule has 0 aliphatic carbocycles. The van der Waals surface area contributed by atoms with Gasteiger partial charge in [0.2, 0.25) is 0 Å². The van der Waals surface area contributed by atoms with Crippen LogP contribution >= 0.6 is 0 Å². The van der Waals surface area contributed by atoms with Gasteiger partial charge in [-0.05, 0) is 55.7 Å². The maximum Gasteiger partial charge on any atom is 0.256 e. The SMILES string of the molecule is Cc1ccc(C(=O)Nc2ccnn2C)cc1-c1ccc2c(C(C)(C)F)nncc2c1. The lowest BCUT2D eigenvalue weighted by atomic mass is 9.94. The van der Waals surface area contributed by atoms with Gasteiger partial charge in [0.05, 0.1) is 12.4 Å². The van der Waals surface area contributed by atoms with Gasteiger partial charge in [-0.15, -0.1) is 0 Å². The van der Waals surface area contributed by atoms with Gasteiger partial charge >= 0.3 is 0 Å². The predicted octanol–water partition coefficient (Wildman–Crippen LogP) is 4.80. The lowest BCUT2D eigenvalue weighted by Crippen LogP contribution is -2.14. The van der Waals surface area contributed by atoms with E-state index in [4.69, 9.17) is 0 Å². The Kier molecular flexibility index (Phi) is 4.81. The highest BCUT2D eigenvalue weighted by atomic mass is 19.1. The molecule has 2 aromatic carbocycles. The van der Waals surface area contributed by atoms with Crippen molar-refractivity contribution in [2.24, 2.45) is 7.05 Å². The third kappa shape index (κ3) is 3.66. The van der Waals surface area contributed by atoms with Crippen LogP contribution < -0.4 is 5.32 Å². The minimum Gasteiger partial charge on any atom is -0.307 e. The van der Waals surface area contributed by atoms with E-state index < -0.39 is 5.67 Å². The van der Waals surface area contributed by atoms with Crippen molar-refractivity contribution in [3.05, 3.63) is 71.7 Å². The first kappa shape index (κ1) is 19.7. The molecule has 0 fully saturated rings. The Hall–Kier alpha value is -3.61. The minimum atomic E-state index is -1.59. The summed E-state index contributed by atoms with van der Waals surface area (Å²) in [6, 6.07) is 13.0. The monoisotopic (exact) mass is 403 g/mol. The molecule has 0 saturated heterocycles. The second kappa shape index (κ2) is 7.33. The standard InChI is InChI=1S/C23H22FN5O/c1-14-5-6-16(22(30)27-20-9-10-26-29(20)4)12-19(14)15-7-8-18-17(11-15)13-25-28-21(18)23(2,3)24/h5-13H,1-4H3,(H,27,30). The number of rotatable bonds is 4. The molecular weight excluding hydrogens is 381 g/mol. The fourth-order valence-corrected chi connectivity index (χ4v) is 3.45. The number of benzene rings is 2. The van der Waals surface area contributed by atoms with Gasteiger partial charge in [0.25, 0.3) is 5.91 Å². The van der Waals surface area contributed by atoms with Crippen molar-refractivity contribution >= 4 is 22.5 Å². The molecule has 30 heavy (non-hydrogen) atoms. The summed E-state index contributed by atoms with van der Waals surface area (Å²) in [7, 11) is 1.77. The Morgan fingerprint density at radius 3 is 2.63 bits per heavy atom. The van der Waals surface area contributed by atoms with Crippen molar-refractivity contribution < 1.29 is 9.18 Å². The van der Waals surface area contributed by atoms with Crippen molar-refractivity contribution in [1.29, 1.82) is 0 Å². The number of carbonyl (C=O) groups excluding carboxylic acids is 1. The lowest BCUT2D eigenvalue weighted by Gasteiger charge is -2.16. The number of aromatic nitrogens is 4. The molecule has 4 aromatic rings. The third-order valence-corrected chi connectivity index (χ3v) is 5.10. The van der Waals surface area contributed by atoms with Crippen LogP contribution in [0.5, 0.6) is 0 Å². The van der Waals surface area contributed by atoms with E-state index >= 15 is 0 Å². The van der Waals surface area contributed by atoms with Gasteiger partial charge in [0, 0.05) is 29.4 Å². The number of nitrogens with one attached hydrogen (secondary N) is 1. The maximum atomic E-state index is 14.5. The Bertz CT molecular complexity index is 1260. The van der Waals surface area contributed by atoms with Crippen LogP contribution in [0, 0.1) is 6.92 Å². The molecule has 0 saturated carbocycles. The zero-order valence-corrected chi connectivity index (χ0v) is 17.3. The number of hydrogen-bond donors (Lipinski definition) is 1. The summed E-state index contributed by atoms with van der Waals surface area (Å²) in [6.45, 7) is 4.93. The van der Waals surface area contributed by atoms with E-state index in [1.807, 2.05) is 37.3 Å². The second-order valence-electron chi connectivity index (χ2n) is 7.79. The molecule has 0 unspecified atom stereocenters. The molecule has 1 N–H and O–H groups in total. The molecule has 1 amide bonds. The summed E-state index contributed by atoms with van der Waals surface area (Å²) in [6.07, 6.45) is 3.25. The molecule has 0 spiro atoms. The van der Waals surface area contributed by atoms with Crippen molar-refractivity contribution in [3.63, 3.8) is 0 Å². The van der Waals surface area contributed by atoms with Crippen LogP contribution in [-0.4, -0.2) is 25.9 Å². The molecule has 0 atom stereocenters. The van der Waals surface area contributed by atoms with Gasteiger partial charge in [-0.2, -0.15) is 15.3 Å². The van der Waals surface area contributed by atoms with E-state index in [1.165, 1.54) is 13.8 Å². The quantitative estimate of drug-likeness (QED) is 0.531. The van der Waals surface area contributed by atoms with E-state index in [9.17, 15) is 9.18 Å². The van der Waals surface area contributed by atoms with Gasteiger partial charge in [-0.25, -0.2) is 4.39 Å². The van der Waals surface area contributed by atoms with Gasteiger partial charge in [-0.1, -0.05) is 18.2 Å². The molecule has 6 nitrogen and oxygen atoms in total. The molecule has 7 heteroatoms. The number of alkyl halides is 1. The molecule has 2 aromatic heterocycles. The molecule has 2 heterocycles. The molecule has 152 valence electrons. The Morgan fingerprint density at radius 1 is 1.13 bits per heavy atom. The van der Waals surface area contributed by atoms with Crippen LogP contribution in [0.2, 0.25) is 0 Å². The third-order valence-electron chi connectivity index (χ3n) is 5.10. The highest BCUT2D eigenvalue weighted by Gasteiger charge is 2.24. The van der Waals surface area contributed by atoms with Crippen LogP contribution in [0.3, 0.4) is 0 Å². The average Bonchev–Trinajstić information content (AvgIpc) is 3.11. The molecule has 0 bridgehead atoms. The first-order chi connectivity index (χ1) is 14.2. The van der Waals surface area contributed by atoms with Crippen molar-refractivity contribution in [3.8, 4) is 11.1 Å². The fourth-order valence-electron chi connectivity index (χ4n) is 3.45. The molecule has 0 aliphatic rings. The van der Waals surface area contributed by atoms with Crippen molar-refractivity contribution in [2.75, 3.05) is 5.32 Å². The normalized spacial score (nSPS) is 11.6. The number of aryl methyl sites for hydroxylation is 2. The highest BCUT2D eigenvalue weighted by molar-refractivity contribution is 6.04. The second-order valence-corrected chi connectivity index (χ2v) is 7.79. The van der Waals surface area contributed by atoms with Gasteiger partial charge < -0.3 is 5.32 Å². The summed E-state index contributed by atoms with van der Waals surface area (Å²) in [4.78, 5) is 12.7. The van der Waals surface area contributed by atoms with E-state index in [1.54, 1.807) is 36.3 Å². The first-order valence-electron chi connectivity index (χ1n) is 9.59. The highest BCUT2D eigenvalue weighted by Crippen LogP contribution is 2.32. The van der Waals surface area contributed by atoms with Crippen LogP contribution in [0.4, 0.5) is 10.2 Å². The van der Waals surface area contributed by atoms with E-state index in [-0.39, 0.29) is 5.91 Å². The Labute approximate surface area is 173 Å². The Balaban J connectivity index is 1.73. The summed E-state index contributed by atoms with van der Waals surface area (Å²) in [5.41, 5.74) is 2.13. The summed E-state index contributed by atoms with van der Waals surface area (Å²) in [5.74, 6) is 0.403. The van der Waals surface area contributed by atoms with Crippen LogP contribution in [0.1, 0.15) is 35.5 Å². The van der Waals surface area contributed by atoms with Crippen LogP contribution in [0.15, 0.2) is 54.9 Å². The van der Waals surface area contributed by atoms with E-state index in [0.29, 0.717) is 17.1 Å². The Morgan fingerprint density at radius 2 is 1.93 bits per heavy atom. The number of amides is 1. The molecule has 4 rings (SSSR count). The van der Waals surface area contributed by atoms with Crippen LogP contribution in [0.25, 0.3) is 21.9 Å². The zero-order valence-electron chi connectivity index (χ0n) is 17.3. The van der Waals surface area contributed by atoms with E-state index in [2.05, 4.69) is 20.6 Å². The number of fused-ring (bicyclic) bond motifs is 1.